The molecular formula is C31H48O7S2. The summed E-state index contributed by atoms with van der Waals surface area (Å²) in [4.78, 5) is 23.9. The molecule has 2 saturated heterocycles. The lowest BCUT2D eigenvalue weighted by Gasteiger charge is -2.45. The third kappa shape index (κ3) is 7.13. The van der Waals surface area contributed by atoms with Gasteiger partial charge in [-0.05, 0) is 87.2 Å². The van der Waals surface area contributed by atoms with E-state index in [1.165, 1.54) is 20.3 Å². The van der Waals surface area contributed by atoms with Crippen molar-refractivity contribution in [3.8, 4) is 0 Å². The van der Waals surface area contributed by atoms with E-state index in [0.717, 1.165) is 55.6 Å². The number of allylic oxidation sites excluding steroid dienone is 3. The predicted octanol–water partition coefficient (Wildman–Crippen LogP) is 6.24. The van der Waals surface area contributed by atoms with Crippen LogP contribution in [0.3, 0.4) is 0 Å². The Bertz CT molecular complexity index is 933. The molecule has 40 heavy (non-hydrogen) atoms. The van der Waals surface area contributed by atoms with Gasteiger partial charge in [-0.15, -0.1) is 23.5 Å². The van der Waals surface area contributed by atoms with Crippen molar-refractivity contribution in [2.75, 3.05) is 25.2 Å². The van der Waals surface area contributed by atoms with Crippen LogP contribution in [-0.2, 0) is 28.5 Å². The van der Waals surface area contributed by atoms with E-state index in [0.29, 0.717) is 30.5 Å². The molecule has 0 amide bonds. The molecule has 0 spiro atoms. The Morgan fingerprint density at radius 2 is 1.93 bits per heavy atom. The second-order valence-electron chi connectivity index (χ2n) is 11.8. The van der Waals surface area contributed by atoms with E-state index in [4.69, 9.17) is 18.9 Å². The number of carbonyl (C=O) groups is 2. The Kier molecular flexibility index (Phi) is 11.5. The first-order chi connectivity index (χ1) is 19.2. The van der Waals surface area contributed by atoms with Gasteiger partial charge in [0.15, 0.2) is 12.1 Å². The maximum Gasteiger partial charge on any atom is 0.302 e. The monoisotopic (exact) mass is 596 g/mol. The van der Waals surface area contributed by atoms with Crippen molar-refractivity contribution < 1.29 is 33.6 Å². The maximum absolute atomic E-state index is 12.5. The average Bonchev–Trinajstić information content (AvgIpc) is 3.12. The molecule has 2 aliphatic carbocycles. The summed E-state index contributed by atoms with van der Waals surface area (Å²) in [6.07, 6.45) is 14.8. The zero-order chi connectivity index (χ0) is 28.8. The summed E-state index contributed by atoms with van der Waals surface area (Å²) in [7, 11) is 1.65. The Hall–Kier alpha value is -1.00. The van der Waals surface area contributed by atoms with E-state index in [2.05, 4.69) is 25.2 Å². The predicted molar refractivity (Wildman–Crippen MR) is 160 cm³/mol. The number of ether oxygens (including phenoxy) is 4. The van der Waals surface area contributed by atoms with E-state index >= 15 is 0 Å². The lowest BCUT2D eigenvalue weighted by atomic mass is 9.63. The summed E-state index contributed by atoms with van der Waals surface area (Å²) in [5.74, 6) is 0.0729. The van der Waals surface area contributed by atoms with Crippen molar-refractivity contribution in [2.45, 2.75) is 108 Å². The van der Waals surface area contributed by atoms with Crippen LogP contribution in [0.25, 0.3) is 0 Å². The largest absolute Gasteiger partial charge is 0.466 e. The molecule has 3 fully saturated rings. The number of hydrogen-bond donors (Lipinski definition) is 1. The van der Waals surface area contributed by atoms with Crippen molar-refractivity contribution in [2.24, 2.45) is 23.2 Å². The van der Waals surface area contributed by atoms with Gasteiger partial charge in [-0.3, -0.25) is 9.59 Å². The smallest absolute Gasteiger partial charge is 0.302 e. The van der Waals surface area contributed by atoms with Crippen LogP contribution in [0.4, 0.5) is 0 Å². The van der Waals surface area contributed by atoms with Crippen molar-refractivity contribution in [1.29, 1.82) is 0 Å². The first-order valence-corrected chi connectivity index (χ1v) is 17.1. The number of carbonyl (C=O) groups excluding carboxylic acids is 2. The molecule has 9 heteroatoms. The molecule has 0 aromatic carbocycles. The van der Waals surface area contributed by atoms with Crippen LogP contribution in [0.1, 0.15) is 85.0 Å². The Balaban J connectivity index is 1.71. The first kappa shape index (κ1) is 31.9. The average molecular weight is 597 g/mol. The van der Waals surface area contributed by atoms with Crippen LogP contribution in [0.5, 0.6) is 0 Å². The molecule has 4 aliphatic rings. The molecule has 7 atom stereocenters. The number of methoxy groups -OCH3 is 1. The van der Waals surface area contributed by atoms with Gasteiger partial charge in [0, 0.05) is 26.9 Å². The van der Waals surface area contributed by atoms with Crippen LogP contribution >= 0.6 is 23.5 Å². The highest BCUT2D eigenvalue weighted by atomic mass is 32.2. The molecule has 7 nitrogen and oxygen atoms in total. The fourth-order valence-corrected chi connectivity index (χ4v) is 10.6. The molecule has 2 aliphatic heterocycles. The van der Waals surface area contributed by atoms with Gasteiger partial charge in [0.1, 0.15) is 6.10 Å². The van der Waals surface area contributed by atoms with E-state index < -0.39 is 17.5 Å². The third-order valence-corrected chi connectivity index (χ3v) is 12.0. The molecule has 1 N–H and O–H groups in total. The Morgan fingerprint density at radius 3 is 2.60 bits per heavy atom. The van der Waals surface area contributed by atoms with Crippen molar-refractivity contribution in [3.05, 3.63) is 23.8 Å². The number of rotatable bonds is 13. The standard InChI is InChI=1S/C31H48O7S2/c1-5-6-7-8-9-10-12-23-17-27-30(20-28-39-15-11-16-40-28)19-24(37-22(3)33)18-26(25(23)13-14-36-21(2)32)31(27,34)38-29(30)35-4/h5-6,17,23-26,28-29,34H,7-16,18-20H2,1-4H3/b6-5+/t23-,24+,25+,26-,29+,30-,31-/m0/s1. The van der Waals surface area contributed by atoms with Crippen LogP contribution in [0.15, 0.2) is 23.8 Å². The van der Waals surface area contributed by atoms with Crippen LogP contribution in [0, 0.1) is 23.2 Å². The molecule has 1 saturated carbocycles. The summed E-state index contributed by atoms with van der Waals surface area (Å²) in [5, 5.41) is 12.5. The molecular weight excluding hydrogens is 548 g/mol. The number of hydrogen-bond acceptors (Lipinski definition) is 9. The minimum atomic E-state index is -1.50. The van der Waals surface area contributed by atoms with E-state index in [1.54, 1.807) is 7.11 Å². The summed E-state index contributed by atoms with van der Waals surface area (Å²) >= 11 is 3.95. The fourth-order valence-electron chi connectivity index (χ4n) is 7.51. The highest BCUT2D eigenvalue weighted by Gasteiger charge is 2.69. The second kappa shape index (κ2) is 14.5. The third-order valence-electron chi connectivity index (χ3n) is 9.09. The minimum Gasteiger partial charge on any atom is -0.466 e. The number of aliphatic hydroxyl groups is 1. The van der Waals surface area contributed by atoms with Crippen LogP contribution < -0.4 is 0 Å². The topological polar surface area (TPSA) is 91.3 Å². The fraction of sp³-hybridized carbons (Fsp3) is 0.806. The quantitative estimate of drug-likeness (QED) is 0.151. The SMILES string of the molecule is C/C=C/CCCCC[C@H]1C=C2[C@@]3(CC4SCCCS4)C[C@H](OC(C)=O)C[C@@H]([C@@H]1CCOC(C)=O)[C@]2(O)O[C@H]3OC. The van der Waals surface area contributed by atoms with Gasteiger partial charge in [0.25, 0.3) is 0 Å². The number of unbranched alkanes of at least 4 members (excludes halogenated alkanes) is 3. The van der Waals surface area contributed by atoms with Crippen molar-refractivity contribution in [3.63, 3.8) is 0 Å². The normalized spacial score (nSPS) is 35.8. The van der Waals surface area contributed by atoms with Crippen molar-refractivity contribution >= 4 is 35.5 Å². The van der Waals surface area contributed by atoms with E-state index in [9.17, 15) is 14.7 Å². The van der Waals surface area contributed by atoms with Gasteiger partial charge < -0.3 is 24.1 Å². The zero-order valence-electron chi connectivity index (χ0n) is 24.6. The summed E-state index contributed by atoms with van der Waals surface area (Å²) in [5.41, 5.74) is 0.353. The summed E-state index contributed by atoms with van der Waals surface area (Å²) in [6.45, 7) is 5.24. The van der Waals surface area contributed by atoms with Crippen LogP contribution in [-0.4, -0.2) is 65.0 Å². The molecule has 226 valence electrons. The maximum atomic E-state index is 12.5. The summed E-state index contributed by atoms with van der Waals surface area (Å²) in [6, 6.07) is 0. The number of thioether (sulfide) groups is 2. The molecule has 4 bridgehead atoms. The van der Waals surface area contributed by atoms with Gasteiger partial charge in [-0.2, -0.15) is 0 Å². The van der Waals surface area contributed by atoms with Gasteiger partial charge in [0.2, 0.25) is 0 Å². The van der Waals surface area contributed by atoms with E-state index in [1.807, 2.05) is 23.5 Å². The zero-order valence-corrected chi connectivity index (χ0v) is 26.2. The lowest BCUT2D eigenvalue weighted by Crippen LogP contribution is -2.49. The Labute approximate surface area is 248 Å². The van der Waals surface area contributed by atoms with Gasteiger partial charge in [0.05, 0.1) is 16.6 Å². The molecule has 2 heterocycles. The Morgan fingerprint density at radius 1 is 1.15 bits per heavy atom. The molecule has 0 unspecified atom stereocenters. The van der Waals surface area contributed by atoms with Crippen LogP contribution in [0.2, 0.25) is 0 Å². The molecule has 0 radical (unpaired) electrons. The van der Waals surface area contributed by atoms with E-state index in [-0.39, 0.29) is 35.8 Å². The lowest BCUT2D eigenvalue weighted by molar-refractivity contribution is -0.288. The highest BCUT2D eigenvalue weighted by molar-refractivity contribution is 8.17. The van der Waals surface area contributed by atoms with Gasteiger partial charge >= 0.3 is 11.9 Å². The second-order valence-corrected chi connectivity index (χ2v) is 14.7. The summed E-state index contributed by atoms with van der Waals surface area (Å²) < 4.78 is 24.3. The molecule has 0 aromatic rings. The number of esters is 2. The molecule has 0 aromatic heterocycles. The van der Waals surface area contributed by atoms with Gasteiger partial charge in [-0.25, -0.2) is 0 Å². The molecule has 4 rings (SSSR count). The van der Waals surface area contributed by atoms with Gasteiger partial charge in [-0.1, -0.05) is 31.1 Å². The highest BCUT2D eigenvalue weighted by Crippen LogP contribution is 2.65. The minimum absolute atomic E-state index is 0.0199. The first-order valence-electron chi connectivity index (χ1n) is 15.0. The van der Waals surface area contributed by atoms with Crippen molar-refractivity contribution in [1.82, 2.24) is 0 Å².